The summed E-state index contributed by atoms with van der Waals surface area (Å²) in [4.78, 5) is 2.55. The van der Waals surface area contributed by atoms with Gasteiger partial charge in [-0.2, -0.15) is 0 Å². The van der Waals surface area contributed by atoms with Crippen LogP contribution in [-0.2, 0) is 4.74 Å². The molecule has 1 heterocycles. The summed E-state index contributed by atoms with van der Waals surface area (Å²) in [7, 11) is 0. The van der Waals surface area contributed by atoms with Crippen LogP contribution in [0.2, 0.25) is 0 Å². The third-order valence-electron chi connectivity index (χ3n) is 4.80. The normalized spacial score (nSPS) is 26.7. The van der Waals surface area contributed by atoms with Crippen molar-refractivity contribution >= 4 is 0 Å². The third-order valence-corrected chi connectivity index (χ3v) is 4.80. The Hall–Kier alpha value is -0.160. The van der Waals surface area contributed by atoms with Gasteiger partial charge >= 0.3 is 0 Å². The van der Waals surface area contributed by atoms with Gasteiger partial charge in [0.25, 0.3) is 0 Å². The number of hydrogen-bond acceptors (Lipinski definition) is 4. The standard InChI is InChI=1S/C17H34N2O2/c1-3-21-16-7-6-12-19(13-16)11-5-4-10-17(2,14-20)18-15-8-9-15/h15-16,18,20H,3-14H2,1-2H3. The van der Waals surface area contributed by atoms with Crippen LogP contribution in [0.25, 0.3) is 0 Å². The lowest BCUT2D eigenvalue weighted by molar-refractivity contribution is 0.00539. The summed E-state index contributed by atoms with van der Waals surface area (Å²) in [6.45, 7) is 8.83. The molecule has 1 aliphatic heterocycles. The van der Waals surface area contributed by atoms with Crippen LogP contribution >= 0.6 is 0 Å². The molecule has 0 aromatic carbocycles. The molecule has 0 spiro atoms. The average molecular weight is 298 g/mol. The number of nitrogens with zero attached hydrogens (tertiary/aromatic N) is 1. The lowest BCUT2D eigenvalue weighted by atomic mass is 9.95. The zero-order chi connectivity index (χ0) is 15.1. The molecule has 0 aromatic heterocycles. The third kappa shape index (κ3) is 6.23. The van der Waals surface area contributed by atoms with E-state index in [9.17, 15) is 5.11 Å². The number of likely N-dealkylation sites (tertiary alicyclic amines) is 1. The highest BCUT2D eigenvalue weighted by molar-refractivity contribution is 4.92. The Morgan fingerprint density at radius 1 is 1.29 bits per heavy atom. The minimum atomic E-state index is -0.0725. The first-order valence-corrected chi connectivity index (χ1v) is 8.88. The first kappa shape index (κ1) is 17.2. The fraction of sp³-hybridized carbons (Fsp3) is 1.00. The smallest absolute Gasteiger partial charge is 0.0702 e. The van der Waals surface area contributed by atoms with Crippen molar-refractivity contribution in [3.63, 3.8) is 0 Å². The number of piperidine rings is 1. The minimum absolute atomic E-state index is 0.0725. The molecular formula is C17H34N2O2. The number of aliphatic hydroxyl groups is 1. The molecule has 1 saturated heterocycles. The maximum atomic E-state index is 9.61. The molecule has 0 bridgehead atoms. The molecule has 0 radical (unpaired) electrons. The maximum Gasteiger partial charge on any atom is 0.0702 e. The molecule has 1 saturated carbocycles. The van der Waals surface area contributed by atoms with Crippen LogP contribution in [0.4, 0.5) is 0 Å². The van der Waals surface area contributed by atoms with Gasteiger partial charge in [-0.25, -0.2) is 0 Å². The highest BCUT2D eigenvalue weighted by Gasteiger charge is 2.31. The van der Waals surface area contributed by atoms with Crippen LogP contribution in [0, 0.1) is 0 Å². The Bertz CT molecular complexity index is 295. The summed E-state index contributed by atoms with van der Waals surface area (Å²) in [6, 6.07) is 0.663. The van der Waals surface area contributed by atoms with Crippen molar-refractivity contribution in [1.29, 1.82) is 0 Å². The van der Waals surface area contributed by atoms with E-state index in [4.69, 9.17) is 4.74 Å². The van der Waals surface area contributed by atoms with Crippen molar-refractivity contribution < 1.29 is 9.84 Å². The van der Waals surface area contributed by atoms with E-state index in [0.29, 0.717) is 12.1 Å². The topological polar surface area (TPSA) is 44.7 Å². The lowest BCUT2D eigenvalue weighted by Gasteiger charge is -2.33. The predicted molar refractivity (Wildman–Crippen MR) is 86.6 cm³/mol. The number of ether oxygens (including phenoxy) is 1. The average Bonchev–Trinajstić information content (AvgIpc) is 3.28. The Morgan fingerprint density at radius 2 is 2.10 bits per heavy atom. The minimum Gasteiger partial charge on any atom is -0.394 e. The second-order valence-corrected chi connectivity index (χ2v) is 7.11. The van der Waals surface area contributed by atoms with Gasteiger partial charge in [-0.15, -0.1) is 0 Å². The number of unbranched alkanes of at least 4 members (excludes halogenated alkanes) is 1. The van der Waals surface area contributed by atoms with Gasteiger partial charge in [0.1, 0.15) is 0 Å². The van der Waals surface area contributed by atoms with E-state index in [2.05, 4.69) is 24.1 Å². The molecule has 2 rings (SSSR count). The molecule has 2 unspecified atom stereocenters. The molecule has 1 aliphatic carbocycles. The van der Waals surface area contributed by atoms with Crippen molar-refractivity contribution in [3.05, 3.63) is 0 Å². The molecule has 0 amide bonds. The molecule has 21 heavy (non-hydrogen) atoms. The monoisotopic (exact) mass is 298 g/mol. The summed E-state index contributed by atoms with van der Waals surface area (Å²) in [5, 5.41) is 13.2. The first-order chi connectivity index (χ1) is 10.1. The molecule has 2 fully saturated rings. The number of hydrogen-bond donors (Lipinski definition) is 2. The second-order valence-electron chi connectivity index (χ2n) is 7.11. The van der Waals surface area contributed by atoms with E-state index in [-0.39, 0.29) is 12.1 Å². The van der Waals surface area contributed by atoms with Crippen molar-refractivity contribution in [2.24, 2.45) is 0 Å². The van der Waals surface area contributed by atoms with Gasteiger partial charge in [0, 0.05) is 24.7 Å². The summed E-state index contributed by atoms with van der Waals surface area (Å²) in [5.74, 6) is 0. The molecule has 2 N–H and O–H groups in total. The predicted octanol–water partition coefficient (Wildman–Crippen LogP) is 2.16. The molecular weight excluding hydrogens is 264 g/mol. The van der Waals surface area contributed by atoms with E-state index < -0.39 is 0 Å². The van der Waals surface area contributed by atoms with Crippen LogP contribution < -0.4 is 5.32 Å². The molecule has 4 heteroatoms. The van der Waals surface area contributed by atoms with Crippen molar-refractivity contribution in [3.8, 4) is 0 Å². The fourth-order valence-corrected chi connectivity index (χ4v) is 3.36. The van der Waals surface area contributed by atoms with Gasteiger partial charge in [-0.05, 0) is 65.5 Å². The van der Waals surface area contributed by atoms with E-state index >= 15 is 0 Å². The van der Waals surface area contributed by atoms with E-state index in [1.165, 1.54) is 51.6 Å². The number of nitrogens with one attached hydrogen (secondary N) is 1. The van der Waals surface area contributed by atoms with Gasteiger partial charge in [0.05, 0.1) is 12.7 Å². The van der Waals surface area contributed by atoms with E-state index in [1.807, 2.05) is 0 Å². The van der Waals surface area contributed by atoms with Crippen LogP contribution in [-0.4, -0.2) is 60.5 Å². The molecule has 124 valence electrons. The van der Waals surface area contributed by atoms with Gasteiger partial charge < -0.3 is 20.1 Å². The highest BCUT2D eigenvalue weighted by Crippen LogP contribution is 2.25. The van der Waals surface area contributed by atoms with Crippen LogP contribution in [0.1, 0.15) is 58.8 Å². The second kappa shape index (κ2) is 8.47. The van der Waals surface area contributed by atoms with Gasteiger partial charge in [0.15, 0.2) is 0 Å². The quantitative estimate of drug-likeness (QED) is 0.607. The van der Waals surface area contributed by atoms with Gasteiger partial charge in [-0.1, -0.05) is 6.42 Å². The molecule has 2 atom stereocenters. The summed E-state index contributed by atoms with van der Waals surface area (Å²) >= 11 is 0. The van der Waals surface area contributed by atoms with Crippen LogP contribution in [0.5, 0.6) is 0 Å². The van der Waals surface area contributed by atoms with Crippen molar-refractivity contribution in [2.75, 3.05) is 32.8 Å². The Labute approximate surface area is 130 Å². The van der Waals surface area contributed by atoms with Crippen LogP contribution in [0.15, 0.2) is 0 Å². The summed E-state index contributed by atoms with van der Waals surface area (Å²) in [6.07, 6.45) is 8.98. The molecule has 0 aromatic rings. The maximum absolute atomic E-state index is 9.61. The molecule has 4 nitrogen and oxygen atoms in total. The Kier molecular flexibility index (Phi) is 6.93. The van der Waals surface area contributed by atoms with Crippen molar-refractivity contribution in [1.82, 2.24) is 10.2 Å². The summed E-state index contributed by atoms with van der Waals surface area (Å²) in [5.41, 5.74) is -0.0725. The summed E-state index contributed by atoms with van der Waals surface area (Å²) < 4.78 is 5.76. The first-order valence-electron chi connectivity index (χ1n) is 8.88. The fourth-order valence-electron chi connectivity index (χ4n) is 3.36. The van der Waals surface area contributed by atoms with Gasteiger partial charge in [-0.3, -0.25) is 0 Å². The lowest BCUT2D eigenvalue weighted by Crippen LogP contribution is -2.47. The van der Waals surface area contributed by atoms with E-state index in [0.717, 1.165) is 19.6 Å². The highest BCUT2D eigenvalue weighted by atomic mass is 16.5. The SMILES string of the molecule is CCOC1CCCN(CCCCC(C)(CO)NC2CC2)C1. The van der Waals surface area contributed by atoms with Gasteiger partial charge in [0.2, 0.25) is 0 Å². The van der Waals surface area contributed by atoms with Crippen LogP contribution in [0.3, 0.4) is 0 Å². The largest absolute Gasteiger partial charge is 0.394 e. The number of aliphatic hydroxyl groups excluding tert-OH is 1. The molecule has 2 aliphatic rings. The Balaban J connectivity index is 1.59. The number of rotatable bonds is 10. The van der Waals surface area contributed by atoms with Crippen molar-refractivity contribution in [2.45, 2.75) is 76.5 Å². The van der Waals surface area contributed by atoms with E-state index in [1.54, 1.807) is 0 Å². The zero-order valence-corrected chi connectivity index (χ0v) is 13.9. The zero-order valence-electron chi connectivity index (χ0n) is 13.9. The Morgan fingerprint density at radius 3 is 2.76 bits per heavy atom.